The number of carbonyl (C=O) groups excluding carboxylic acids is 3. The third-order valence-corrected chi connectivity index (χ3v) is 9.90. The molecule has 3 aromatic carbocycles. The number of nitrogens with one attached hydrogen (secondary N) is 1. The second-order valence-electron chi connectivity index (χ2n) is 12.8. The first-order valence-corrected chi connectivity index (χ1v) is 18.3. The van der Waals surface area contributed by atoms with Crippen molar-refractivity contribution in [2.75, 3.05) is 17.7 Å². The maximum absolute atomic E-state index is 13.6. The van der Waals surface area contributed by atoms with Gasteiger partial charge in [-0.1, -0.05) is 59.8 Å². The molecule has 5 heterocycles. The van der Waals surface area contributed by atoms with Crippen molar-refractivity contribution in [3.05, 3.63) is 144 Å². The number of anilines is 1. The number of pyridine rings is 1. The number of benzene rings is 3. The van der Waals surface area contributed by atoms with Gasteiger partial charge in [-0.15, -0.1) is 10.2 Å². The Labute approximate surface area is 319 Å². The molecule has 0 saturated heterocycles. The molecule has 4 aromatic heterocycles. The molecular weight excluding hydrogens is 719 g/mol. The molecule has 0 spiro atoms. The lowest BCUT2D eigenvalue weighted by atomic mass is 10.1. The molecule has 1 N–H and O–H groups in total. The molecule has 0 saturated carbocycles. The Morgan fingerprint density at radius 3 is 2.60 bits per heavy atom. The second-order valence-corrected chi connectivity index (χ2v) is 13.7. The van der Waals surface area contributed by atoms with Crippen molar-refractivity contribution >= 4 is 51.9 Å². The molecule has 14 heteroatoms. The van der Waals surface area contributed by atoms with Gasteiger partial charge in [0.1, 0.15) is 23.1 Å². The minimum Gasteiger partial charge on any atom is -0.467 e. The summed E-state index contributed by atoms with van der Waals surface area (Å²) in [7, 11) is 0. The van der Waals surface area contributed by atoms with Crippen LogP contribution in [0.1, 0.15) is 45.5 Å². The first-order chi connectivity index (χ1) is 26.8. The number of rotatable bonds is 11. The van der Waals surface area contributed by atoms with E-state index in [4.69, 9.17) is 13.6 Å². The molecule has 1 atom stereocenters. The lowest BCUT2D eigenvalue weighted by Gasteiger charge is -2.19. The van der Waals surface area contributed by atoms with Gasteiger partial charge in [0.15, 0.2) is 23.3 Å². The van der Waals surface area contributed by atoms with Crippen LogP contribution in [-0.2, 0) is 14.3 Å². The molecular formula is C41H33N7O6S. The van der Waals surface area contributed by atoms with Crippen LogP contribution in [0.5, 0.6) is 0 Å². The number of amides is 2. The molecule has 1 aliphatic heterocycles. The van der Waals surface area contributed by atoms with Crippen LogP contribution in [-0.4, -0.2) is 60.6 Å². The van der Waals surface area contributed by atoms with Gasteiger partial charge in [-0.25, -0.2) is 9.80 Å². The number of aryl methyl sites for hydroxylation is 2. The molecule has 8 rings (SSSR count). The summed E-state index contributed by atoms with van der Waals surface area (Å²) in [5.41, 5.74) is 5.36. The van der Waals surface area contributed by atoms with Crippen molar-refractivity contribution in [2.24, 2.45) is 5.10 Å². The average Bonchev–Trinajstić information content (AvgIpc) is 4.03. The predicted molar refractivity (Wildman–Crippen MR) is 206 cm³/mol. The largest absolute Gasteiger partial charge is 0.467 e. The standard InChI is InChI=1S/C41H33N7O6S/c1-25-15-16-32(26(2)19-25)47-39(28-10-7-17-42-22-28)44-45-41(47)55-24-37(49)43-30-12-5-4-11-29(30)40(51)53-23-38(50)48-33(35-14-8-18-52-35)21-31(46-48)36-20-27-9-3-6-13-34(27)54-36/h3-20,22,33H,21,23-24H2,1-2H3,(H,43,49). The maximum Gasteiger partial charge on any atom is 0.340 e. The summed E-state index contributed by atoms with van der Waals surface area (Å²) in [6.07, 6.45) is 5.26. The zero-order chi connectivity index (χ0) is 37.9. The van der Waals surface area contributed by atoms with Crippen LogP contribution in [0, 0.1) is 13.8 Å². The molecule has 1 aliphatic rings. The maximum atomic E-state index is 13.6. The monoisotopic (exact) mass is 751 g/mol. The first kappa shape index (κ1) is 35.2. The Balaban J connectivity index is 0.950. The highest BCUT2D eigenvalue weighted by Gasteiger charge is 2.36. The minimum atomic E-state index is -0.789. The Kier molecular flexibility index (Phi) is 9.79. The van der Waals surface area contributed by atoms with E-state index in [1.54, 1.807) is 42.7 Å². The molecule has 0 radical (unpaired) electrons. The van der Waals surface area contributed by atoms with Crippen LogP contribution in [0.2, 0.25) is 0 Å². The van der Waals surface area contributed by atoms with Crippen LogP contribution in [0.15, 0.2) is 135 Å². The number of hydrazone groups is 1. The van der Waals surface area contributed by atoms with E-state index in [0.29, 0.717) is 40.2 Å². The zero-order valence-electron chi connectivity index (χ0n) is 29.7. The Bertz CT molecular complexity index is 2530. The topological polar surface area (TPSA) is 158 Å². The number of fused-ring (bicyclic) bond motifs is 1. The number of para-hydroxylation sites is 2. The number of hydrogen-bond donors (Lipinski definition) is 1. The van der Waals surface area contributed by atoms with E-state index in [2.05, 4.69) is 31.7 Å². The van der Waals surface area contributed by atoms with E-state index >= 15 is 0 Å². The van der Waals surface area contributed by atoms with Gasteiger partial charge in [-0.2, -0.15) is 5.10 Å². The zero-order valence-corrected chi connectivity index (χ0v) is 30.5. The summed E-state index contributed by atoms with van der Waals surface area (Å²) in [5.74, 6) is -0.114. The SMILES string of the molecule is Cc1ccc(-n2c(SCC(=O)Nc3ccccc3C(=O)OCC(=O)N3N=C(c4cc5ccccc5o4)CC3c3ccco3)nnc2-c2cccnc2)c(C)c1. The van der Waals surface area contributed by atoms with Gasteiger partial charge < -0.3 is 18.9 Å². The van der Waals surface area contributed by atoms with Gasteiger partial charge in [0.2, 0.25) is 5.91 Å². The van der Waals surface area contributed by atoms with E-state index in [1.807, 2.05) is 73.0 Å². The number of aromatic nitrogens is 4. The molecule has 274 valence electrons. The second kappa shape index (κ2) is 15.3. The summed E-state index contributed by atoms with van der Waals surface area (Å²) in [6, 6.07) is 28.7. The van der Waals surface area contributed by atoms with Crippen LogP contribution in [0.3, 0.4) is 0 Å². The van der Waals surface area contributed by atoms with Crippen molar-refractivity contribution in [2.45, 2.75) is 31.5 Å². The van der Waals surface area contributed by atoms with Gasteiger partial charge in [0.25, 0.3) is 5.91 Å². The van der Waals surface area contributed by atoms with Gasteiger partial charge >= 0.3 is 5.97 Å². The average molecular weight is 752 g/mol. The molecule has 0 aliphatic carbocycles. The van der Waals surface area contributed by atoms with Crippen LogP contribution < -0.4 is 5.32 Å². The summed E-state index contributed by atoms with van der Waals surface area (Å²) >= 11 is 1.20. The van der Waals surface area contributed by atoms with E-state index < -0.39 is 24.5 Å². The molecule has 0 bridgehead atoms. The lowest BCUT2D eigenvalue weighted by molar-refractivity contribution is -0.136. The molecule has 1 unspecified atom stereocenters. The summed E-state index contributed by atoms with van der Waals surface area (Å²) in [4.78, 5) is 44.5. The summed E-state index contributed by atoms with van der Waals surface area (Å²) < 4.78 is 19.1. The highest BCUT2D eigenvalue weighted by molar-refractivity contribution is 7.99. The van der Waals surface area contributed by atoms with Crippen molar-refractivity contribution < 1.29 is 28.0 Å². The number of thioether (sulfide) groups is 1. The normalized spacial score (nSPS) is 13.9. The van der Waals surface area contributed by atoms with Crippen molar-refractivity contribution in [1.82, 2.24) is 24.8 Å². The fraction of sp³-hybridized carbons (Fsp3) is 0.146. The van der Waals surface area contributed by atoms with E-state index in [0.717, 1.165) is 27.8 Å². The Hall–Kier alpha value is -6.80. The van der Waals surface area contributed by atoms with Gasteiger partial charge in [-0.05, 0) is 74.0 Å². The van der Waals surface area contributed by atoms with Crippen molar-refractivity contribution in [1.29, 1.82) is 0 Å². The Morgan fingerprint density at radius 1 is 0.945 bits per heavy atom. The molecule has 13 nitrogen and oxygen atoms in total. The fourth-order valence-corrected chi connectivity index (χ4v) is 7.14. The fourth-order valence-electron chi connectivity index (χ4n) is 6.39. The molecule has 0 fully saturated rings. The van der Waals surface area contributed by atoms with E-state index in [1.165, 1.54) is 29.1 Å². The van der Waals surface area contributed by atoms with Crippen LogP contribution in [0.25, 0.3) is 28.0 Å². The van der Waals surface area contributed by atoms with Crippen LogP contribution >= 0.6 is 11.8 Å². The number of nitrogens with zero attached hydrogens (tertiary/aromatic N) is 6. The van der Waals surface area contributed by atoms with E-state index in [-0.39, 0.29) is 22.9 Å². The number of ether oxygens (including phenoxy) is 1. The first-order valence-electron chi connectivity index (χ1n) is 17.4. The molecule has 7 aromatic rings. The smallest absolute Gasteiger partial charge is 0.340 e. The van der Waals surface area contributed by atoms with Gasteiger partial charge in [0.05, 0.1) is 29.0 Å². The van der Waals surface area contributed by atoms with E-state index in [9.17, 15) is 14.4 Å². The molecule has 2 amide bonds. The summed E-state index contributed by atoms with van der Waals surface area (Å²) in [6.45, 7) is 3.43. The minimum absolute atomic E-state index is 0.0351. The highest BCUT2D eigenvalue weighted by atomic mass is 32.2. The number of esters is 1. The number of carbonyl (C=O) groups is 3. The lowest BCUT2D eigenvalue weighted by Crippen LogP contribution is -2.31. The van der Waals surface area contributed by atoms with Gasteiger partial charge in [-0.3, -0.25) is 19.1 Å². The number of hydrogen-bond acceptors (Lipinski definition) is 11. The Morgan fingerprint density at radius 2 is 1.80 bits per heavy atom. The molecule has 55 heavy (non-hydrogen) atoms. The van der Waals surface area contributed by atoms with Crippen molar-refractivity contribution in [3.8, 4) is 17.1 Å². The third kappa shape index (κ3) is 7.39. The quantitative estimate of drug-likeness (QED) is 0.103. The van der Waals surface area contributed by atoms with Crippen molar-refractivity contribution in [3.63, 3.8) is 0 Å². The van der Waals surface area contributed by atoms with Gasteiger partial charge in [0, 0.05) is 29.8 Å². The highest BCUT2D eigenvalue weighted by Crippen LogP contribution is 2.35. The predicted octanol–water partition coefficient (Wildman–Crippen LogP) is 7.55. The van der Waals surface area contributed by atoms with Crippen LogP contribution in [0.4, 0.5) is 5.69 Å². The summed E-state index contributed by atoms with van der Waals surface area (Å²) in [5, 5.41) is 18.9. The number of furan rings is 2. The third-order valence-electron chi connectivity index (χ3n) is 8.97.